The van der Waals surface area contributed by atoms with Gasteiger partial charge in [0.15, 0.2) is 0 Å². The molecule has 0 unspecified atom stereocenters. The van der Waals surface area contributed by atoms with Crippen molar-refractivity contribution >= 4 is 22.7 Å². The molecule has 0 aliphatic carbocycles. The molecule has 1 saturated heterocycles. The Bertz CT molecular complexity index is 732. The van der Waals surface area contributed by atoms with Gasteiger partial charge in [-0.3, -0.25) is 9.59 Å². The zero-order chi connectivity index (χ0) is 17.6. The normalized spacial score (nSPS) is 14.9. The van der Waals surface area contributed by atoms with Crippen LogP contribution in [0.5, 0.6) is 0 Å². The molecule has 3 rings (SSSR count). The lowest BCUT2D eigenvalue weighted by Gasteiger charge is -2.34. The minimum Gasteiger partial charge on any atom is -0.361 e. The number of nitrogens with zero attached hydrogens (tertiary/aromatic N) is 2. The number of H-pyrrole nitrogens is 1. The first kappa shape index (κ1) is 17.5. The number of fused-ring (bicyclic) bond motifs is 1. The van der Waals surface area contributed by atoms with Crippen molar-refractivity contribution in [3.8, 4) is 0 Å². The number of aromatic nitrogens is 1. The summed E-state index contributed by atoms with van der Waals surface area (Å²) in [5, 5.41) is 4.63. The molecule has 6 nitrogen and oxygen atoms in total. The molecule has 0 radical (unpaired) electrons. The molecule has 2 amide bonds. The van der Waals surface area contributed by atoms with Crippen molar-refractivity contribution in [2.24, 2.45) is 0 Å². The van der Waals surface area contributed by atoms with Crippen LogP contribution in [0.1, 0.15) is 18.9 Å². The molecule has 2 heterocycles. The van der Waals surface area contributed by atoms with Crippen molar-refractivity contribution in [2.75, 3.05) is 39.3 Å². The number of hydrogen-bond acceptors (Lipinski definition) is 3. The van der Waals surface area contributed by atoms with Crippen molar-refractivity contribution in [3.05, 3.63) is 36.0 Å². The fraction of sp³-hybridized carbons (Fsp3) is 0.474. The van der Waals surface area contributed by atoms with E-state index in [2.05, 4.69) is 34.7 Å². The number of nitrogens with one attached hydrogen (secondary N) is 2. The van der Waals surface area contributed by atoms with Gasteiger partial charge in [-0.2, -0.15) is 0 Å². The van der Waals surface area contributed by atoms with Crippen molar-refractivity contribution in [3.63, 3.8) is 0 Å². The third-order valence-electron chi connectivity index (χ3n) is 4.84. The van der Waals surface area contributed by atoms with Crippen molar-refractivity contribution in [2.45, 2.75) is 19.8 Å². The van der Waals surface area contributed by atoms with Gasteiger partial charge in [-0.05, 0) is 24.6 Å². The average molecular weight is 342 g/mol. The van der Waals surface area contributed by atoms with E-state index in [4.69, 9.17) is 0 Å². The Hall–Kier alpha value is -2.34. The second kappa shape index (κ2) is 8.16. The molecule has 0 saturated carbocycles. The lowest BCUT2D eigenvalue weighted by molar-refractivity contribution is -0.138. The Morgan fingerprint density at radius 2 is 1.80 bits per heavy atom. The predicted octanol–water partition coefficient (Wildman–Crippen LogP) is 1.38. The van der Waals surface area contributed by atoms with E-state index in [9.17, 15) is 9.59 Å². The van der Waals surface area contributed by atoms with Crippen LogP contribution in [0.3, 0.4) is 0 Å². The lowest BCUT2D eigenvalue weighted by Crippen LogP contribution is -2.50. The summed E-state index contributed by atoms with van der Waals surface area (Å²) in [6.07, 6.45) is 3.51. The minimum atomic E-state index is 0.0889. The van der Waals surface area contributed by atoms with Crippen molar-refractivity contribution in [1.82, 2.24) is 20.1 Å². The van der Waals surface area contributed by atoms with E-state index < -0.39 is 0 Å². The first-order valence-electron chi connectivity index (χ1n) is 8.94. The Morgan fingerprint density at radius 1 is 1.08 bits per heavy atom. The lowest BCUT2D eigenvalue weighted by atomic mass is 10.1. The zero-order valence-corrected chi connectivity index (χ0v) is 14.8. The van der Waals surface area contributed by atoms with E-state index >= 15 is 0 Å². The molecule has 25 heavy (non-hydrogen) atoms. The molecule has 1 aliphatic heterocycles. The molecule has 0 bridgehead atoms. The minimum absolute atomic E-state index is 0.0889. The fourth-order valence-electron chi connectivity index (χ4n) is 3.31. The maximum atomic E-state index is 12.2. The van der Waals surface area contributed by atoms with E-state index in [-0.39, 0.29) is 11.8 Å². The maximum Gasteiger partial charge on any atom is 0.223 e. The molecule has 1 fully saturated rings. The Labute approximate surface area is 148 Å². The van der Waals surface area contributed by atoms with Crippen LogP contribution in [0.25, 0.3) is 10.9 Å². The number of amides is 2. The number of hydrogen-bond donors (Lipinski definition) is 2. The predicted molar refractivity (Wildman–Crippen MR) is 98.3 cm³/mol. The summed E-state index contributed by atoms with van der Waals surface area (Å²) in [5.41, 5.74) is 2.46. The molecule has 134 valence electrons. The highest BCUT2D eigenvalue weighted by molar-refractivity contribution is 5.83. The Kier molecular flexibility index (Phi) is 5.71. The summed E-state index contributed by atoms with van der Waals surface area (Å²) in [4.78, 5) is 30.5. The van der Waals surface area contributed by atoms with Gasteiger partial charge < -0.3 is 20.1 Å². The van der Waals surface area contributed by atoms with Crippen LogP contribution >= 0.6 is 0 Å². The van der Waals surface area contributed by atoms with Gasteiger partial charge in [-0.15, -0.1) is 0 Å². The van der Waals surface area contributed by atoms with Crippen LogP contribution in [-0.2, 0) is 16.0 Å². The summed E-state index contributed by atoms with van der Waals surface area (Å²) in [7, 11) is 0. The van der Waals surface area contributed by atoms with E-state index in [0.717, 1.165) is 18.5 Å². The molecular formula is C19H26N4O2. The first-order valence-corrected chi connectivity index (χ1v) is 8.94. The monoisotopic (exact) mass is 342 g/mol. The van der Waals surface area contributed by atoms with Gasteiger partial charge in [-0.25, -0.2) is 0 Å². The van der Waals surface area contributed by atoms with Crippen molar-refractivity contribution in [1.29, 1.82) is 0 Å². The van der Waals surface area contributed by atoms with Gasteiger partial charge in [0, 0.05) is 63.2 Å². The first-order chi connectivity index (χ1) is 12.1. The molecule has 0 spiro atoms. The number of rotatable bonds is 6. The fourth-order valence-corrected chi connectivity index (χ4v) is 3.31. The number of piperazine rings is 1. The van der Waals surface area contributed by atoms with Crippen LogP contribution in [0, 0.1) is 0 Å². The standard InChI is InChI=1S/C19H26N4O2/c1-15(24)22-10-12-23(13-11-22)19(25)7-9-20-8-6-16-14-21-18-5-3-2-4-17(16)18/h2-5,14,20-21H,6-13H2,1H3. The smallest absolute Gasteiger partial charge is 0.223 e. The topological polar surface area (TPSA) is 68.4 Å². The van der Waals surface area contributed by atoms with Gasteiger partial charge in [0.25, 0.3) is 0 Å². The number of aromatic amines is 1. The largest absolute Gasteiger partial charge is 0.361 e. The molecule has 2 N–H and O–H groups in total. The number of carbonyl (C=O) groups excluding carboxylic acids is 2. The number of para-hydroxylation sites is 1. The highest BCUT2D eigenvalue weighted by atomic mass is 16.2. The summed E-state index contributed by atoms with van der Waals surface area (Å²) in [6.45, 7) is 5.71. The molecule has 1 aromatic heterocycles. The van der Waals surface area contributed by atoms with Gasteiger partial charge in [0.1, 0.15) is 0 Å². The Balaban J connectivity index is 1.35. The molecule has 0 atom stereocenters. The van der Waals surface area contributed by atoms with Crippen molar-refractivity contribution < 1.29 is 9.59 Å². The highest BCUT2D eigenvalue weighted by Gasteiger charge is 2.21. The molecular weight excluding hydrogens is 316 g/mol. The van der Waals surface area contributed by atoms with Crippen LogP contribution < -0.4 is 5.32 Å². The average Bonchev–Trinajstić information content (AvgIpc) is 3.04. The summed E-state index contributed by atoms with van der Waals surface area (Å²) >= 11 is 0. The molecule has 6 heteroatoms. The third kappa shape index (κ3) is 4.39. The van der Waals surface area contributed by atoms with E-state index in [1.54, 1.807) is 11.8 Å². The van der Waals surface area contributed by atoms with Crippen LogP contribution in [0.4, 0.5) is 0 Å². The van der Waals surface area contributed by atoms with Gasteiger partial charge in [-0.1, -0.05) is 18.2 Å². The molecule has 1 aromatic carbocycles. The molecule has 2 aromatic rings. The van der Waals surface area contributed by atoms with Gasteiger partial charge in [0.2, 0.25) is 11.8 Å². The van der Waals surface area contributed by atoms with Gasteiger partial charge in [0.05, 0.1) is 0 Å². The van der Waals surface area contributed by atoms with Crippen LogP contribution in [-0.4, -0.2) is 65.9 Å². The van der Waals surface area contributed by atoms with E-state index in [0.29, 0.717) is 39.1 Å². The van der Waals surface area contributed by atoms with Gasteiger partial charge >= 0.3 is 0 Å². The number of carbonyl (C=O) groups is 2. The Morgan fingerprint density at radius 3 is 2.56 bits per heavy atom. The summed E-state index contributed by atoms with van der Waals surface area (Å²) in [5.74, 6) is 0.258. The van der Waals surface area contributed by atoms with Crippen LogP contribution in [0.2, 0.25) is 0 Å². The highest BCUT2D eigenvalue weighted by Crippen LogP contribution is 2.17. The third-order valence-corrected chi connectivity index (χ3v) is 4.84. The second-order valence-corrected chi connectivity index (χ2v) is 6.50. The quantitative estimate of drug-likeness (QED) is 0.780. The maximum absolute atomic E-state index is 12.2. The number of benzene rings is 1. The zero-order valence-electron chi connectivity index (χ0n) is 14.8. The van der Waals surface area contributed by atoms with E-state index in [1.807, 2.05) is 11.0 Å². The second-order valence-electron chi connectivity index (χ2n) is 6.50. The van der Waals surface area contributed by atoms with E-state index in [1.165, 1.54) is 10.9 Å². The SMILES string of the molecule is CC(=O)N1CCN(C(=O)CCNCCc2c[nH]c3ccccc23)CC1. The van der Waals surface area contributed by atoms with Crippen LogP contribution in [0.15, 0.2) is 30.5 Å². The molecule has 1 aliphatic rings. The summed E-state index contributed by atoms with van der Waals surface area (Å²) < 4.78 is 0. The summed E-state index contributed by atoms with van der Waals surface area (Å²) in [6, 6.07) is 8.29.